The van der Waals surface area contributed by atoms with Crippen LogP contribution in [0, 0.1) is 5.82 Å². The molecule has 4 nitrogen and oxygen atoms in total. The Bertz CT molecular complexity index is 957. The molecular weight excluding hydrogens is 379 g/mol. The minimum Gasteiger partial charge on any atom is -1.00 e. The molecule has 2 heterocycles. The Hall–Kier alpha value is -2.50. The summed E-state index contributed by atoms with van der Waals surface area (Å²) in [6.45, 7) is 5.64. The summed E-state index contributed by atoms with van der Waals surface area (Å²) in [5, 5.41) is 3.50. The fraction of sp³-hybridized carbons (Fsp3) is 0.273. The van der Waals surface area contributed by atoms with Crippen molar-refractivity contribution in [3.63, 3.8) is 0 Å². The molecule has 2 aromatic carbocycles. The number of benzene rings is 2. The van der Waals surface area contributed by atoms with Crippen molar-refractivity contribution in [3.05, 3.63) is 77.4 Å². The fourth-order valence-corrected chi connectivity index (χ4v) is 3.64. The van der Waals surface area contributed by atoms with Crippen LogP contribution in [0.3, 0.4) is 0 Å². The van der Waals surface area contributed by atoms with Gasteiger partial charge in [0.25, 0.3) is 0 Å². The fourth-order valence-electron chi connectivity index (χ4n) is 3.64. The van der Waals surface area contributed by atoms with E-state index in [1.165, 1.54) is 6.07 Å². The molecule has 0 saturated carbocycles. The molecule has 0 amide bonds. The van der Waals surface area contributed by atoms with E-state index >= 15 is 0 Å². The van der Waals surface area contributed by atoms with Gasteiger partial charge >= 0.3 is 0 Å². The van der Waals surface area contributed by atoms with Gasteiger partial charge in [-0.15, -0.1) is 0 Å². The van der Waals surface area contributed by atoms with Crippen LogP contribution in [0.25, 0.3) is 5.69 Å². The molecule has 1 N–H and O–H groups in total. The molecule has 0 spiro atoms. The predicted molar refractivity (Wildman–Crippen MR) is 103 cm³/mol. The Morgan fingerprint density at radius 3 is 2.46 bits per heavy atom. The summed E-state index contributed by atoms with van der Waals surface area (Å²) in [7, 11) is 0. The Labute approximate surface area is 170 Å². The highest BCUT2D eigenvalue weighted by atomic mass is 35.5. The van der Waals surface area contributed by atoms with Crippen molar-refractivity contribution in [2.75, 3.05) is 13.2 Å². The average molecular weight is 402 g/mol. The number of halogens is 2. The molecule has 0 fully saturated rings. The standard InChI is InChI=1S/C22H23FN2O2.ClH/c1-3-26-20-12-15-14-24-22(16-8-5-6-9-17(16)23)18-10-7-11-25(18)19(15)13-21(20)27-4-2;/h5-13,22,24H,3-4,14H2,1-2H3;1H/p-1. The third kappa shape index (κ3) is 3.60. The number of nitrogens with zero attached hydrogens (tertiary/aromatic N) is 1. The number of aromatic nitrogens is 1. The summed E-state index contributed by atoms with van der Waals surface area (Å²) in [5.74, 6) is 1.25. The van der Waals surface area contributed by atoms with Gasteiger partial charge < -0.3 is 31.8 Å². The second kappa shape index (κ2) is 8.67. The van der Waals surface area contributed by atoms with E-state index in [1.807, 2.05) is 56.4 Å². The third-order valence-electron chi connectivity index (χ3n) is 4.79. The molecule has 0 aliphatic carbocycles. The highest BCUT2D eigenvalue weighted by molar-refractivity contribution is 5.56. The van der Waals surface area contributed by atoms with Gasteiger partial charge in [0.2, 0.25) is 0 Å². The first-order chi connectivity index (χ1) is 13.2. The van der Waals surface area contributed by atoms with Crippen molar-refractivity contribution < 1.29 is 26.3 Å². The maximum absolute atomic E-state index is 14.5. The molecule has 28 heavy (non-hydrogen) atoms. The molecule has 4 rings (SSSR count). The number of hydrogen-bond donors (Lipinski definition) is 1. The number of rotatable bonds is 5. The van der Waals surface area contributed by atoms with Crippen molar-refractivity contribution in [1.29, 1.82) is 0 Å². The Morgan fingerprint density at radius 1 is 1.04 bits per heavy atom. The molecule has 3 aromatic rings. The lowest BCUT2D eigenvalue weighted by Gasteiger charge is -2.18. The van der Waals surface area contributed by atoms with E-state index in [-0.39, 0.29) is 24.3 Å². The van der Waals surface area contributed by atoms with Gasteiger partial charge in [0.05, 0.1) is 24.9 Å². The first kappa shape index (κ1) is 20.2. The molecule has 0 bridgehead atoms. The molecular formula is C22H23ClFN2O2-. The Balaban J connectivity index is 0.00000225. The Morgan fingerprint density at radius 2 is 1.75 bits per heavy atom. The van der Waals surface area contributed by atoms with Gasteiger partial charge in [-0.25, -0.2) is 4.39 Å². The SMILES string of the molecule is CCOc1cc2c(cc1OCC)-n1cccc1C(c1ccccc1F)NC2.[Cl-]. The maximum Gasteiger partial charge on any atom is 0.163 e. The summed E-state index contributed by atoms with van der Waals surface area (Å²) in [5.41, 5.74) is 3.73. The molecule has 1 atom stereocenters. The van der Waals surface area contributed by atoms with Gasteiger partial charge in [0, 0.05) is 30.1 Å². The summed E-state index contributed by atoms with van der Waals surface area (Å²) in [6.07, 6.45) is 2.01. The van der Waals surface area contributed by atoms with Gasteiger partial charge in [-0.3, -0.25) is 0 Å². The van der Waals surface area contributed by atoms with Crippen molar-refractivity contribution >= 4 is 0 Å². The topological polar surface area (TPSA) is 35.4 Å². The van der Waals surface area contributed by atoms with Gasteiger partial charge in [-0.1, -0.05) is 18.2 Å². The third-order valence-corrected chi connectivity index (χ3v) is 4.79. The van der Waals surface area contributed by atoms with E-state index in [1.54, 1.807) is 6.07 Å². The second-order valence-corrected chi connectivity index (χ2v) is 6.43. The molecule has 0 radical (unpaired) electrons. The molecule has 0 saturated heterocycles. The van der Waals surface area contributed by atoms with Crippen LogP contribution < -0.4 is 27.2 Å². The Kier molecular flexibility index (Phi) is 6.27. The van der Waals surface area contributed by atoms with Crippen LogP contribution in [-0.2, 0) is 6.54 Å². The highest BCUT2D eigenvalue weighted by Gasteiger charge is 2.26. The molecule has 6 heteroatoms. The summed E-state index contributed by atoms with van der Waals surface area (Å²) >= 11 is 0. The summed E-state index contributed by atoms with van der Waals surface area (Å²) in [6, 6.07) is 14.7. The first-order valence-electron chi connectivity index (χ1n) is 9.30. The quantitative estimate of drug-likeness (QED) is 0.705. The van der Waals surface area contributed by atoms with E-state index in [4.69, 9.17) is 9.47 Å². The molecule has 1 unspecified atom stereocenters. The monoisotopic (exact) mass is 401 g/mol. The van der Waals surface area contributed by atoms with Crippen LogP contribution >= 0.6 is 0 Å². The van der Waals surface area contributed by atoms with Crippen LogP contribution in [0.5, 0.6) is 11.5 Å². The normalized spacial score (nSPS) is 15.0. The largest absolute Gasteiger partial charge is 1.00 e. The van der Waals surface area contributed by atoms with Crippen LogP contribution in [0.15, 0.2) is 54.7 Å². The molecule has 1 aliphatic rings. The zero-order chi connectivity index (χ0) is 18.8. The van der Waals surface area contributed by atoms with Crippen molar-refractivity contribution in [2.45, 2.75) is 26.4 Å². The van der Waals surface area contributed by atoms with E-state index in [0.717, 1.165) is 28.4 Å². The van der Waals surface area contributed by atoms with Crippen LogP contribution in [-0.4, -0.2) is 17.8 Å². The lowest BCUT2D eigenvalue weighted by atomic mass is 10.0. The molecule has 148 valence electrons. The second-order valence-electron chi connectivity index (χ2n) is 6.43. The number of nitrogens with one attached hydrogen (secondary N) is 1. The number of hydrogen-bond acceptors (Lipinski definition) is 3. The van der Waals surface area contributed by atoms with Crippen LogP contribution in [0.4, 0.5) is 4.39 Å². The highest BCUT2D eigenvalue weighted by Crippen LogP contribution is 2.37. The van der Waals surface area contributed by atoms with Gasteiger partial charge in [0.1, 0.15) is 5.82 Å². The number of ether oxygens (including phenoxy) is 2. The minimum atomic E-state index is -0.236. The predicted octanol–water partition coefficient (Wildman–Crippen LogP) is 1.61. The summed E-state index contributed by atoms with van der Waals surface area (Å²) in [4.78, 5) is 0. The lowest BCUT2D eigenvalue weighted by Crippen LogP contribution is -3.00. The minimum absolute atomic E-state index is 0. The first-order valence-corrected chi connectivity index (χ1v) is 9.30. The van der Waals surface area contributed by atoms with E-state index < -0.39 is 0 Å². The smallest absolute Gasteiger partial charge is 0.163 e. The lowest BCUT2D eigenvalue weighted by molar-refractivity contribution is -0.00000699. The van der Waals surface area contributed by atoms with E-state index in [2.05, 4.69) is 9.88 Å². The zero-order valence-electron chi connectivity index (χ0n) is 15.9. The van der Waals surface area contributed by atoms with Crippen molar-refractivity contribution in [1.82, 2.24) is 9.88 Å². The van der Waals surface area contributed by atoms with Crippen molar-refractivity contribution in [2.24, 2.45) is 0 Å². The molecule has 1 aliphatic heterocycles. The van der Waals surface area contributed by atoms with Crippen molar-refractivity contribution in [3.8, 4) is 17.2 Å². The summed E-state index contributed by atoms with van der Waals surface area (Å²) < 4.78 is 28.2. The average Bonchev–Trinajstić information content (AvgIpc) is 3.09. The van der Waals surface area contributed by atoms with Gasteiger partial charge in [-0.05, 0) is 43.7 Å². The zero-order valence-corrected chi connectivity index (χ0v) is 16.7. The van der Waals surface area contributed by atoms with Gasteiger partial charge in [0.15, 0.2) is 11.5 Å². The maximum atomic E-state index is 14.5. The van der Waals surface area contributed by atoms with Crippen LogP contribution in [0.1, 0.15) is 36.7 Å². The van der Waals surface area contributed by atoms with E-state index in [0.29, 0.717) is 25.3 Å². The van der Waals surface area contributed by atoms with Crippen LogP contribution in [0.2, 0.25) is 0 Å². The van der Waals surface area contributed by atoms with E-state index in [9.17, 15) is 4.39 Å². The van der Waals surface area contributed by atoms with Gasteiger partial charge in [-0.2, -0.15) is 0 Å². The number of fused-ring (bicyclic) bond motifs is 3. The molecule has 1 aromatic heterocycles.